The third kappa shape index (κ3) is 6.16. The zero-order valence-corrected chi connectivity index (χ0v) is 13.6. The minimum absolute atomic E-state index is 0.0248. The van der Waals surface area contributed by atoms with Crippen molar-refractivity contribution in [1.29, 1.82) is 0 Å². The van der Waals surface area contributed by atoms with E-state index in [1.165, 1.54) is 0 Å². The van der Waals surface area contributed by atoms with E-state index in [1.54, 1.807) is 30.3 Å². The lowest BCUT2D eigenvalue weighted by Crippen LogP contribution is -2.43. The largest absolute Gasteiger partial charge is 0.338 e. The van der Waals surface area contributed by atoms with Crippen LogP contribution in [-0.2, 0) is 9.84 Å². The topological polar surface area (TPSA) is 75.3 Å². The molecule has 5 nitrogen and oxygen atoms in total. The molecule has 0 spiro atoms. The zero-order valence-electron chi connectivity index (χ0n) is 12.8. The molecule has 118 valence electrons. The second-order valence-corrected chi connectivity index (χ2v) is 7.53. The van der Waals surface area contributed by atoms with Gasteiger partial charge >= 0.3 is 6.03 Å². The Kier molecular flexibility index (Phi) is 6.68. The molecule has 1 atom stereocenters. The van der Waals surface area contributed by atoms with Crippen molar-refractivity contribution in [2.45, 2.75) is 38.1 Å². The van der Waals surface area contributed by atoms with Crippen molar-refractivity contribution < 1.29 is 13.2 Å². The van der Waals surface area contributed by atoms with Gasteiger partial charge in [-0.2, -0.15) is 0 Å². The highest BCUT2D eigenvalue weighted by Crippen LogP contribution is 2.10. The first-order chi connectivity index (χ1) is 9.83. The van der Waals surface area contributed by atoms with Crippen molar-refractivity contribution in [2.75, 3.05) is 12.3 Å². The average Bonchev–Trinajstić information content (AvgIpc) is 2.44. The summed E-state index contributed by atoms with van der Waals surface area (Å²) >= 11 is 0. The molecule has 1 aromatic carbocycles. The molecule has 0 unspecified atom stereocenters. The molecule has 0 aromatic heterocycles. The van der Waals surface area contributed by atoms with E-state index in [-0.39, 0.29) is 17.8 Å². The van der Waals surface area contributed by atoms with Crippen molar-refractivity contribution in [3.8, 4) is 0 Å². The minimum Gasteiger partial charge on any atom is -0.338 e. The molecule has 1 rings (SSSR count). The number of amides is 2. The summed E-state index contributed by atoms with van der Waals surface area (Å²) in [5, 5.41) is 5.49. The summed E-state index contributed by atoms with van der Waals surface area (Å²) < 4.78 is 24.0. The van der Waals surface area contributed by atoms with Crippen LogP contribution in [0.3, 0.4) is 0 Å². The van der Waals surface area contributed by atoms with E-state index in [9.17, 15) is 13.2 Å². The van der Waals surface area contributed by atoms with Gasteiger partial charge in [-0.1, -0.05) is 32.0 Å². The smallest absolute Gasteiger partial charge is 0.315 e. The molecule has 0 heterocycles. The summed E-state index contributed by atoms with van der Waals surface area (Å²) in [5.41, 5.74) is 0. The number of urea groups is 1. The van der Waals surface area contributed by atoms with Gasteiger partial charge in [-0.05, 0) is 31.4 Å². The van der Waals surface area contributed by atoms with Gasteiger partial charge in [0.2, 0.25) is 0 Å². The van der Waals surface area contributed by atoms with Crippen molar-refractivity contribution in [3.63, 3.8) is 0 Å². The van der Waals surface area contributed by atoms with E-state index in [1.807, 2.05) is 20.8 Å². The van der Waals surface area contributed by atoms with Gasteiger partial charge in [0.1, 0.15) is 0 Å². The van der Waals surface area contributed by atoms with E-state index in [0.29, 0.717) is 23.8 Å². The highest BCUT2D eigenvalue weighted by molar-refractivity contribution is 7.91. The summed E-state index contributed by atoms with van der Waals surface area (Å²) in [5.74, 6) is 0.381. The summed E-state index contributed by atoms with van der Waals surface area (Å²) in [7, 11) is -3.27. The van der Waals surface area contributed by atoms with Crippen LogP contribution in [0.2, 0.25) is 0 Å². The van der Waals surface area contributed by atoms with E-state index < -0.39 is 9.84 Å². The molecule has 1 aromatic rings. The maximum Gasteiger partial charge on any atom is 0.315 e. The zero-order chi connectivity index (χ0) is 15.9. The Balaban J connectivity index is 2.33. The molecular weight excluding hydrogens is 288 g/mol. The third-order valence-electron chi connectivity index (χ3n) is 3.34. The highest BCUT2D eigenvalue weighted by Gasteiger charge is 2.14. The van der Waals surface area contributed by atoms with Crippen molar-refractivity contribution in [1.82, 2.24) is 10.6 Å². The van der Waals surface area contributed by atoms with Gasteiger partial charge in [0, 0.05) is 12.6 Å². The first-order valence-electron chi connectivity index (χ1n) is 7.15. The molecule has 2 amide bonds. The number of rotatable bonds is 7. The maximum absolute atomic E-state index is 12.0. The second-order valence-electron chi connectivity index (χ2n) is 5.42. The molecule has 2 N–H and O–H groups in total. The quantitative estimate of drug-likeness (QED) is 0.758. The molecule has 0 saturated carbocycles. The first-order valence-corrected chi connectivity index (χ1v) is 8.80. The fourth-order valence-corrected chi connectivity index (χ4v) is 2.97. The summed E-state index contributed by atoms with van der Waals surface area (Å²) in [6.45, 7) is 6.32. The number of hydrogen-bond donors (Lipinski definition) is 2. The lowest BCUT2D eigenvalue weighted by atomic mass is 10.1. The first kappa shape index (κ1) is 17.5. The highest BCUT2D eigenvalue weighted by atomic mass is 32.2. The van der Waals surface area contributed by atoms with Crippen LogP contribution in [0.25, 0.3) is 0 Å². The normalized spacial score (nSPS) is 13.0. The van der Waals surface area contributed by atoms with Gasteiger partial charge in [-0.15, -0.1) is 0 Å². The molecular formula is C15H24N2O3S. The number of carbonyl (C=O) groups is 1. The maximum atomic E-state index is 12.0. The number of nitrogens with one attached hydrogen (secondary N) is 2. The summed E-state index contributed by atoms with van der Waals surface area (Å²) in [6, 6.07) is 8.17. The van der Waals surface area contributed by atoms with Crippen LogP contribution in [0.15, 0.2) is 35.2 Å². The predicted octanol–water partition coefficient (Wildman–Crippen LogP) is 2.19. The molecule has 0 radical (unpaired) electrons. The van der Waals surface area contributed by atoms with Crippen molar-refractivity contribution >= 4 is 15.9 Å². The second kappa shape index (κ2) is 8.02. The van der Waals surface area contributed by atoms with Crippen LogP contribution in [0.1, 0.15) is 27.2 Å². The molecule has 0 fully saturated rings. The molecule has 0 saturated heterocycles. The van der Waals surface area contributed by atoms with Crippen molar-refractivity contribution in [3.05, 3.63) is 30.3 Å². The predicted molar refractivity (Wildman–Crippen MR) is 83.9 cm³/mol. The summed E-state index contributed by atoms with van der Waals surface area (Å²) in [6.07, 6.45) is 0.390. The summed E-state index contributed by atoms with van der Waals surface area (Å²) in [4.78, 5) is 11.9. The van der Waals surface area contributed by atoms with Gasteiger partial charge in [0.25, 0.3) is 0 Å². The SMILES string of the molecule is CC(C)[C@H](C)NC(=O)NCCCS(=O)(=O)c1ccccc1. The fraction of sp³-hybridized carbons (Fsp3) is 0.533. The molecule has 21 heavy (non-hydrogen) atoms. The van der Waals surface area contributed by atoms with Gasteiger partial charge in [-0.25, -0.2) is 13.2 Å². The Morgan fingerprint density at radius 1 is 1.14 bits per heavy atom. The van der Waals surface area contributed by atoms with Gasteiger partial charge in [0.05, 0.1) is 10.6 Å². The number of benzene rings is 1. The van der Waals surface area contributed by atoms with E-state index in [0.717, 1.165) is 0 Å². The van der Waals surface area contributed by atoms with Crippen LogP contribution in [0, 0.1) is 5.92 Å². The van der Waals surface area contributed by atoms with Crippen LogP contribution in [0.5, 0.6) is 0 Å². The standard InChI is InChI=1S/C15H24N2O3S/c1-12(2)13(3)17-15(18)16-10-7-11-21(19,20)14-8-5-4-6-9-14/h4-6,8-9,12-13H,7,10-11H2,1-3H3,(H2,16,17,18)/t13-/m0/s1. The fourth-order valence-electron chi connectivity index (χ4n) is 1.63. The van der Waals surface area contributed by atoms with Crippen molar-refractivity contribution in [2.24, 2.45) is 5.92 Å². The molecule has 0 aliphatic carbocycles. The lowest BCUT2D eigenvalue weighted by Gasteiger charge is -2.17. The Labute approximate surface area is 127 Å². The van der Waals surface area contributed by atoms with E-state index in [4.69, 9.17) is 0 Å². The van der Waals surface area contributed by atoms with E-state index >= 15 is 0 Å². The Morgan fingerprint density at radius 3 is 2.33 bits per heavy atom. The minimum atomic E-state index is -3.27. The van der Waals surface area contributed by atoms with Crippen LogP contribution in [-0.4, -0.2) is 32.8 Å². The van der Waals surface area contributed by atoms with Crippen LogP contribution < -0.4 is 10.6 Å². The van der Waals surface area contributed by atoms with Gasteiger partial charge < -0.3 is 10.6 Å². The Bertz CT molecular complexity index is 541. The van der Waals surface area contributed by atoms with Gasteiger partial charge in [-0.3, -0.25) is 0 Å². The molecule has 0 bridgehead atoms. The molecule has 0 aliphatic heterocycles. The number of hydrogen-bond acceptors (Lipinski definition) is 3. The molecule has 0 aliphatic rings. The third-order valence-corrected chi connectivity index (χ3v) is 5.15. The lowest BCUT2D eigenvalue weighted by molar-refractivity contribution is 0.234. The van der Waals surface area contributed by atoms with Crippen LogP contribution in [0.4, 0.5) is 4.79 Å². The monoisotopic (exact) mass is 312 g/mol. The van der Waals surface area contributed by atoms with Crippen LogP contribution >= 0.6 is 0 Å². The average molecular weight is 312 g/mol. The Hall–Kier alpha value is -1.56. The van der Waals surface area contributed by atoms with Gasteiger partial charge in [0.15, 0.2) is 9.84 Å². The number of sulfone groups is 1. The molecule has 6 heteroatoms. The number of carbonyl (C=O) groups excluding carboxylic acids is 1. The van der Waals surface area contributed by atoms with E-state index in [2.05, 4.69) is 10.6 Å². The Morgan fingerprint density at radius 2 is 1.76 bits per heavy atom.